The van der Waals surface area contributed by atoms with Crippen molar-refractivity contribution in [1.82, 2.24) is 4.39 Å². The average Bonchev–Trinajstić information content (AvgIpc) is 2.42. The molecule has 0 bridgehead atoms. The van der Waals surface area contributed by atoms with Crippen LogP contribution < -0.4 is 4.39 Å². The Hall–Kier alpha value is -0.476. The van der Waals surface area contributed by atoms with Gasteiger partial charge >= 0.3 is 0 Å². The van der Waals surface area contributed by atoms with Crippen molar-refractivity contribution in [3.8, 4) is 0 Å². The summed E-state index contributed by atoms with van der Waals surface area (Å²) in [4.78, 5) is 0.540. The first-order valence-corrected chi connectivity index (χ1v) is 16.7. The van der Waals surface area contributed by atoms with E-state index in [2.05, 4.69) is 72.1 Å². The van der Waals surface area contributed by atoms with Crippen LogP contribution in [0.4, 0.5) is 0 Å². The molecule has 0 amide bonds. The quantitative estimate of drug-likeness (QED) is 0.550. The van der Waals surface area contributed by atoms with E-state index in [1.165, 1.54) is 0 Å². The Balaban J connectivity index is 2.90. The maximum absolute atomic E-state index is 13.0. The van der Waals surface area contributed by atoms with E-state index in [1.807, 2.05) is 12.1 Å². The van der Waals surface area contributed by atoms with E-state index in [0.717, 1.165) is 5.56 Å². The molecule has 1 aromatic carbocycles. The van der Waals surface area contributed by atoms with E-state index < -0.39 is 26.5 Å². The lowest BCUT2D eigenvalue weighted by Crippen LogP contribution is -2.54. The highest BCUT2D eigenvalue weighted by molar-refractivity contribution is 7.92. The van der Waals surface area contributed by atoms with Crippen molar-refractivity contribution in [2.45, 2.75) is 89.3 Å². The third kappa shape index (κ3) is 5.76. The van der Waals surface area contributed by atoms with Gasteiger partial charge in [0.15, 0.2) is 8.32 Å². The smallest absolute Gasteiger partial charge is 0.192 e. The van der Waals surface area contributed by atoms with E-state index in [9.17, 15) is 4.21 Å². The maximum Gasteiger partial charge on any atom is 0.192 e. The second-order valence-corrected chi connectivity index (χ2v) is 22.2. The van der Waals surface area contributed by atoms with Crippen LogP contribution in [0, 0.1) is 4.78 Å². The molecule has 2 N–H and O–H groups in total. The van der Waals surface area contributed by atoms with Gasteiger partial charge in [0.2, 0.25) is 0 Å². The molecule has 1 unspecified atom stereocenters. The van der Waals surface area contributed by atoms with E-state index in [-0.39, 0.29) is 10.1 Å². The number of rotatable bonds is 6. The summed E-state index contributed by atoms with van der Waals surface area (Å²) in [7, 11) is -6.83. The summed E-state index contributed by atoms with van der Waals surface area (Å²) in [5, 5.41) is 0.198. The summed E-state index contributed by atoms with van der Waals surface area (Å²) in [6, 6.07) is 7.48. The first-order valence-electron chi connectivity index (χ1n) is 9.20. The number of hydrogen-bond donors (Lipinski definition) is 2. The lowest BCUT2D eigenvalue weighted by molar-refractivity contribution is 0.276. The predicted octanol–water partition coefficient (Wildman–Crippen LogP) is 6.12. The van der Waals surface area contributed by atoms with Crippen LogP contribution >= 0.6 is 0 Å². The van der Waals surface area contributed by atoms with Crippen molar-refractivity contribution < 1.29 is 8.63 Å². The third-order valence-corrected chi connectivity index (χ3v) is 18.3. The fourth-order valence-corrected chi connectivity index (χ4v) is 7.88. The fraction of sp³-hybridized carbons (Fsp3) is 0.684. The molecule has 0 saturated heterocycles. The third-order valence-electron chi connectivity index (χ3n) is 5.94. The minimum atomic E-state index is -3.00. The van der Waals surface area contributed by atoms with Crippen LogP contribution in [0.25, 0.3) is 0 Å². The molecule has 0 radical (unpaired) electrons. The lowest BCUT2D eigenvalue weighted by Gasteiger charge is -2.37. The Morgan fingerprint density at radius 1 is 0.962 bits per heavy atom. The first kappa shape index (κ1) is 23.6. The van der Waals surface area contributed by atoms with Gasteiger partial charge in [-0.3, -0.25) is 0 Å². The van der Waals surface area contributed by atoms with Crippen LogP contribution in [0.1, 0.15) is 47.1 Å². The summed E-state index contributed by atoms with van der Waals surface area (Å²) < 4.78 is 30.8. The molecule has 1 rings (SSSR count). The molecule has 7 heteroatoms. The second kappa shape index (κ2) is 7.50. The topological polar surface area (TPSA) is 62.2 Å². The molecule has 0 aromatic heterocycles. The van der Waals surface area contributed by atoms with Crippen molar-refractivity contribution in [1.29, 1.82) is 4.78 Å². The Bertz CT molecular complexity index is 713. The summed E-state index contributed by atoms with van der Waals surface area (Å²) in [5.41, 5.74) is 1.06. The van der Waals surface area contributed by atoms with Gasteiger partial charge in [-0.05, 0) is 40.9 Å². The van der Waals surface area contributed by atoms with Crippen LogP contribution in [0.3, 0.4) is 0 Å². The fourth-order valence-electron chi connectivity index (χ4n) is 1.83. The Morgan fingerprint density at radius 3 is 1.81 bits per heavy atom. The highest BCUT2D eigenvalue weighted by atomic mass is 32.2. The maximum atomic E-state index is 13.0. The van der Waals surface area contributed by atoms with Gasteiger partial charge in [-0.15, -0.1) is 0 Å². The van der Waals surface area contributed by atoms with Gasteiger partial charge in [-0.25, -0.2) is 13.4 Å². The summed E-state index contributed by atoms with van der Waals surface area (Å²) >= 11 is 0. The zero-order valence-corrected chi connectivity index (χ0v) is 21.1. The van der Waals surface area contributed by atoms with Gasteiger partial charge in [-0.1, -0.05) is 66.8 Å². The zero-order chi connectivity index (χ0) is 20.6. The number of nitrogens with one attached hydrogen (secondary N) is 2. The Kier molecular flexibility index (Phi) is 6.80. The molecule has 0 saturated carbocycles. The molecule has 0 heterocycles. The SMILES string of the molecule is CC(C)(C)[Si](C)(C)NS(=N)(=O)c1ccc(CO[Si](C)(C)C(C)(C)C)cc1. The minimum absolute atomic E-state index is 0.0215. The highest BCUT2D eigenvalue weighted by Gasteiger charge is 2.38. The monoisotopic (exact) mass is 414 g/mol. The molecule has 0 fully saturated rings. The molecule has 4 nitrogen and oxygen atoms in total. The molecule has 1 atom stereocenters. The molecule has 0 spiro atoms. The van der Waals surface area contributed by atoms with E-state index in [4.69, 9.17) is 9.21 Å². The van der Waals surface area contributed by atoms with Gasteiger partial charge in [0.25, 0.3) is 0 Å². The minimum Gasteiger partial charge on any atom is -0.413 e. The molecular weight excluding hydrogens is 376 g/mol. The second-order valence-electron chi connectivity index (χ2n) is 10.2. The van der Waals surface area contributed by atoms with Crippen molar-refractivity contribution >= 4 is 26.5 Å². The van der Waals surface area contributed by atoms with E-state index in [0.29, 0.717) is 11.5 Å². The molecule has 0 aliphatic heterocycles. The zero-order valence-electron chi connectivity index (χ0n) is 18.2. The average molecular weight is 415 g/mol. The first-order chi connectivity index (χ1) is 11.4. The molecular formula is C19H38N2O2SSi2. The molecule has 1 aromatic rings. The van der Waals surface area contributed by atoms with Gasteiger partial charge in [0.05, 0.1) is 11.5 Å². The van der Waals surface area contributed by atoms with E-state index >= 15 is 0 Å². The van der Waals surface area contributed by atoms with Gasteiger partial charge in [0.1, 0.15) is 18.2 Å². The van der Waals surface area contributed by atoms with Crippen LogP contribution in [-0.4, -0.2) is 20.8 Å². The summed E-state index contributed by atoms with van der Waals surface area (Å²) in [6.07, 6.45) is 0. The van der Waals surface area contributed by atoms with Crippen LogP contribution in [0.2, 0.25) is 36.3 Å². The van der Waals surface area contributed by atoms with Crippen molar-refractivity contribution in [3.05, 3.63) is 29.8 Å². The van der Waals surface area contributed by atoms with Crippen molar-refractivity contribution in [3.63, 3.8) is 0 Å². The Labute approximate surface area is 163 Å². The highest BCUT2D eigenvalue weighted by Crippen LogP contribution is 2.37. The predicted molar refractivity (Wildman–Crippen MR) is 118 cm³/mol. The largest absolute Gasteiger partial charge is 0.413 e. The normalized spacial score (nSPS) is 16.4. The number of benzene rings is 1. The summed E-state index contributed by atoms with van der Waals surface area (Å²) in [6.45, 7) is 22.4. The molecule has 0 aliphatic carbocycles. The van der Waals surface area contributed by atoms with Crippen molar-refractivity contribution in [2.75, 3.05) is 0 Å². The Morgan fingerprint density at radius 2 is 1.42 bits per heavy atom. The summed E-state index contributed by atoms with van der Waals surface area (Å²) in [5.74, 6) is 0. The lowest BCUT2D eigenvalue weighted by atomic mass is 10.2. The number of hydrogen-bond acceptors (Lipinski definition) is 3. The standard InChI is InChI=1S/C19H38N2O2SSi2/c1-18(2,3)25(7,8)21-24(20,22)17-13-11-16(12-14-17)15-23-26(9,10)19(4,5)6/h11-14H,15H2,1-10H3,(H2,20,21,22). The molecule has 26 heavy (non-hydrogen) atoms. The van der Waals surface area contributed by atoms with Crippen LogP contribution in [0.15, 0.2) is 29.2 Å². The molecule has 150 valence electrons. The van der Waals surface area contributed by atoms with Gasteiger partial charge in [-0.2, -0.15) is 0 Å². The van der Waals surface area contributed by atoms with Gasteiger partial charge in [0, 0.05) is 0 Å². The van der Waals surface area contributed by atoms with Gasteiger partial charge < -0.3 is 4.43 Å². The van der Waals surface area contributed by atoms with E-state index in [1.54, 1.807) is 12.1 Å². The van der Waals surface area contributed by atoms with Crippen LogP contribution in [0.5, 0.6) is 0 Å². The van der Waals surface area contributed by atoms with Crippen LogP contribution in [-0.2, 0) is 20.9 Å². The van der Waals surface area contributed by atoms with Crippen molar-refractivity contribution in [2.24, 2.45) is 0 Å². The molecule has 0 aliphatic rings.